The van der Waals surface area contributed by atoms with Gasteiger partial charge in [0.05, 0.1) is 17.3 Å². The molecule has 3 heterocycles. The molecular weight excluding hydrogens is 386 g/mol. The summed E-state index contributed by atoms with van der Waals surface area (Å²) < 4.78 is 0. The number of hydrogen-bond donors (Lipinski definition) is 1. The van der Waals surface area contributed by atoms with Gasteiger partial charge in [0.1, 0.15) is 5.82 Å². The number of amides is 1. The summed E-state index contributed by atoms with van der Waals surface area (Å²) in [5.41, 5.74) is 6.67. The van der Waals surface area contributed by atoms with Crippen molar-refractivity contribution in [3.8, 4) is 17.3 Å². The summed E-state index contributed by atoms with van der Waals surface area (Å²) in [6.07, 6.45) is 1.20. The Balaban J connectivity index is 1.38. The molecule has 2 saturated heterocycles. The summed E-state index contributed by atoms with van der Waals surface area (Å²) in [7, 11) is 0. The fourth-order valence-corrected chi connectivity index (χ4v) is 4.43. The molecule has 31 heavy (non-hydrogen) atoms. The van der Waals surface area contributed by atoms with Gasteiger partial charge in [-0.05, 0) is 56.2 Å². The van der Waals surface area contributed by atoms with Crippen LogP contribution in [0.25, 0.3) is 11.3 Å². The van der Waals surface area contributed by atoms with Gasteiger partial charge in [0.2, 0.25) is 0 Å². The number of nitrogens with zero attached hydrogens (tertiary/aromatic N) is 4. The van der Waals surface area contributed by atoms with Gasteiger partial charge in [-0.25, -0.2) is 4.98 Å². The molecular formula is C25H25N5O. The Morgan fingerprint density at radius 2 is 1.87 bits per heavy atom. The largest absolute Gasteiger partial charge is 0.371 e. The molecule has 0 radical (unpaired) electrons. The molecule has 3 aromatic rings. The van der Waals surface area contributed by atoms with Gasteiger partial charge in [0.25, 0.3) is 5.91 Å². The number of benzene rings is 2. The van der Waals surface area contributed by atoms with Gasteiger partial charge >= 0.3 is 0 Å². The molecule has 1 aromatic heterocycles. The molecule has 2 aliphatic rings. The SMILES string of the molecule is Cc1nc(-c2cc(C(=O)N3CC(c4ccc(C#N)cc4)C3)ccc2N2CCC2)c(C)[nH]1. The molecule has 1 N–H and O–H groups in total. The molecule has 6 heteroatoms. The molecule has 1 amide bonds. The van der Waals surface area contributed by atoms with E-state index in [4.69, 9.17) is 10.2 Å². The topological polar surface area (TPSA) is 76.0 Å². The van der Waals surface area contributed by atoms with E-state index in [1.54, 1.807) is 0 Å². The maximum atomic E-state index is 13.2. The van der Waals surface area contributed by atoms with Crippen LogP contribution in [-0.2, 0) is 0 Å². The molecule has 156 valence electrons. The second kappa shape index (κ2) is 7.59. The predicted octanol–water partition coefficient (Wildman–Crippen LogP) is 4.01. The fourth-order valence-electron chi connectivity index (χ4n) is 4.43. The molecule has 2 aliphatic heterocycles. The van der Waals surface area contributed by atoms with Crippen molar-refractivity contribution >= 4 is 11.6 Å². The van der Waals surface area contributed by atoms with Crippen molar-refractivity contribution in [3.63, 3.8) is 0 Å². The number of rotatable bonds is 4. The molecule has 2 fully saturated rings. The van der Waals surface area contributed by atoms with E-state index >= 15 is 0 Å². The highest BCUT2D eigenvalue weighted by molar-refractivity contribution is 5.97. The molecule has 0 spiro atoms. The van der Waals surface area contributed by atoms with Crippen molar-refractivity contribution in [1.29, 1.82) is 5.26 Å². The average Bonchev–Trinajstić information content (AvgIpc) is 3.04. The minimum atomic E-state index is 0.0613. The predicted molar refractivity (Wildman–Crippen MR) is 120 cm³/mol. The Morgan fingerprint density at radius 1 is 1.13 bits per heavy atom. The van der Waals surface area contributed by atoms with Crippen LogP contribution in [0.15, 0.2) is 42.5 Å². The number of likely N-dealkylation sites (tertiary alicyclic amines) is 1. The lowest BCUT2D eigenvalue weighted by molar-refractivity contribution is 0.0602. The third kappa shape index (κ3) is 3.46. The lowest BCUT2D eigenvalue weighted by Crippen LogP contribution is -2.48. The third-order valence-electron chi connectivity index (χ3n) is 6.38. The molecule has 0 bridgehead atoms. The second-order valence-corrected chi connectivity index (χ2v) is 8.51. The van der Waals surface area contributed by atoms with Crippen molar-refractivity contribution < 1.29 is 4.79 Å². The number of aromatic nitrogens is 2. The number of nitrogens with one attached hydrogen (secondary N) is 1. The molecule has 0 saturated carbocycles. The van der Waals surface area contributed by atoms with E-state index in [0.717, 1.165) is 41.6 Å². The lowest BCUT2D eigenvalue weighted by atomic mass is 9.90. The minimum Gasteiger partial charge on any atom is -0.371 e. The summed E-state index contributed by atoms with van der Waals surface area (Å²) in [5, 5.41) is 8.96. The zero-order valence-electron chi connectivity index (χ0n) is 17.9. The van der Waals surface area contributed by atoms with Crippen LogP contribution in [0.4, 0.5) is 5.69 Å². The van der Waals surface area contributed by atoms with Gasteiger partial charge in [0, 0.05) is 54.6 Å². The number of aryl methyl sites for hydroxylation is 2. The summed E-state index contributed by atoms with van der Waals surface area (Å²) in [6, 6.07) is 15.8. The van der Waals surface area contributed by atoms with E-state index < -0.39 is 0 Å². The average molecular weight is 412 g/mol. The number of aromatic amines is 1. The van der Waals surface area contributed by atoms with Gasteiger partial charge in [-0.2, -0.15) is 5.26 Å². The Kier molecular flexibility index (Phi) is 4.74. The summed E-state index contributed by atoms with van der Waals surface area (Å²) in [5.74, 6) is 1.27. The van der Waals surface area contributed by atoms with Gasteiger partial charge in [-0.3, -0.25) is 4.79 Å². The van der Waals surface area contributed by atoms with E-state index in [1.165, 1.54) is 12.0 Å². The van der Waals surface area contributed by atoms with Crippen LogP contribution in [0.3, 0.4) is 0 Å². The first kappa shape index (κ1) is 19.4. The van der Waals surface area contributed by atoms with E-state index in [-0.39, 0.29) is 5.91 Å². The smallest absolute Gasteiger partial charge is 0.253 e. The molecule has 6 nitrogen and oxygen atoms in total. The van der Waals surface area contributed by atoms with Crippen LogP contribution in [0.5, 0.6) is 0 Å². The van der Waals surface area contributed by atoms with Gasteiger partial charge < -0.3 is 14.8 Å². The van der Waals surface area contributed by atoms with Gasteiger partial charge in [-0.15, -0.1) is 0 Å². The normalized spacial score (nSPS) is 15.9. The highest BCUT2D eigenvalue weighted by Crippen LogP contribution is 2.36. The first-order valence-corrected chi connectivity index (χ1v) is 10.8. The number of H-pyrrole nitrogens is 1. The Bertz CT molecular complexity index is 1180. The molecule has 0 aliphatic carbocycles. The second-order valence-electron chi connectivity index (χ2n) is 8.51. The van der Waals surface area contributed by atoms with Crippen molar-refractivity contribution in [2.75, 3.05) is 31.1 Å². The number of anilines is 1. The van der Waals surface area contributed by atoms with Crippen LogP contribution >= 0.6 is 0 Å². The minimum absolute atomic E-state index is 0.0613. The van der Waals surface area contributed by atoms with E-state index in [1.807, 2.05) is 55.1 Å². The Hall–Kier alpha value is -3.59. The summed E-state index contributed by atoms with van der Waals surface area (Å²) >= 11 is 0. The first-order valence-electron chi connectivity index (χ1n) is 10.8. The number of nitriles is 1. The zero-order valence-corrected chi connectivity index (χ0v) is 17.9. The highest BCUT2D eigenvalue weighted by atomic mass is 16.2. The summed E-state index contributed by atoms with van der Waals surface area (Å²) in [6.45, 7) is 7.48. The van der Waals surface area contributed by atoms with Crippen LogP contribution in [0.1, 0.15) is 45.3 Å². The zero-order chi connectivity index (χ0) is 21.5. The quantitative estimate of drug-likeness (QED) is 0.704. The standard InChI is InChI=1S/C25H25N5O/c1-16-24(28-17(2)27-16)22-12-20(8-9-23(22)29-10-3-11-29)25(31)30-14-21(15-30)19-6-4-18(13-26)5-7-19/h4-9,12,21H,3,10-11,14-15H2,1-2H3,(H,27,28). The van der Waals surface area contributed by atoms with Gasteiger partial charge in [0.15, 0.2) is 0 Å². The van der Waals surface area contributed by atoms with E-state index in [9.17, 15) is 4.79 Å². The molecule has 2 aromatic carbocycles. The number of carbonyl (C=O) groups is 1. The highest BCUT2D eigenvalue weighted by Gasteiger charge is 2.33. The maximum Gasteiger partial charge on any atom is 0.253 e. The van der Waals surface area contributed by atoms with Gasteiger partial charge in [-0.1, -0.05) is 12.1 Å². The number of imidazole rings is 1. The molecule has 0 unspecified atom stereocenters. The van der Waals surface area contributed by atoms with Crippen LogP contribution in [-0.4, -0.2) is 47.0 Å². The number of hydrogen-bond acceptors (Lipinski definition) is 4. The molecule has 5 rings (SSSR count). The molecule has 0 atom stereocenters. The van der Waals surface area contributed by atoms with Crippen molar-refractivity contribution in [3.05, 3.63) is 70.7 Å². The fraction of sp³-hybridized carbons (Fsp3) is 0.320. The van der Waals surface area contributed by atoms with Crippen molar-refractivity contribution in [1.82, 2.24) is 14.9 Å². The van der Waals surface area contributed by atoms with Crippen molar-refractivity contribution in [2.24, 2.45) is 0 Å². The van der Waals surface area contributed by atoms with E-state index in [2.05, 4.69) is 22.0 Å². The Morgan fingerprint density at radius 3 is 2.45 bits per heavy atom. The van der Waals surface area contributed by atoms with Crippen LogP contribution in [0, 0.1) is 25.2 Å². The number of carbonyl (C=O) groups excluding carboxylic acids is 1. The lowest BCUT2D eigenvalue weighted by Gasteiger charge is -2.40. The monoisotopic (exact) mass is 411 g/mol. The summed E-state index contributed by atoms with van der Waals surface area (Å²) in [4.78, 5) is 25.4. The van der Waals surface area contributed by atoms with Crippen LogP contribution < -0.4 is 4.90 Å². The Labute approximate surface area is 182 Å². The maximum absolute atomic E-state index is 13.2. The van der Waals surface area contributed by atoms with Crippen molar-refractivity contribution in [2.45, 2.75) is 26.2 Å². The third-order valence-corrected chi connectivity index (χ3v) is 6.38. The van der Waals surface area contributed by atoms with E-state index in [0.29, 0.717) is 30.1 Å². The first-order chi connectivity index (χ1) is 15.0. The van der Waals surface area contributed by atoms with Crippen LogP contribution in [0.2, 0.25) is 0 Å².